The Morgan fingerprint density at radius 3 is 2.73 bits per heavy atom. The van der Waals surface area contributed by atoms with Crippen LogP contribution in [0.5, 0.6) is 0 Å². The molecule has 1 saturated heterocycles. The standard InChI is InChI=1S/C12H23NOS/c1-3-13-11-5-4-9(2)6-12(11)15-10-7-14-8-10/h9-13H,3-8H2,1-2H3. The maximum atomic E-state index is 5.26. The van der Waals surface area contributed by atoms with E-state index in [1.807, 2.05) is 0 Å². The Balaban J connectivity index is 1.83. The van der Waals surface area contributed by atoms with Crippen LogP contribution < -0.4 is 5.32 Å². The normalized spacial score (nSPS) is 37.6. The average Bonchev–Trinajstić information content (AvgIpc) is 2.16. The van der Waals surface area contributed by atoms with Gasteiger partial charge in [0.25, 0.3) is 0 Å². The van der Waals surface area contributed by atoms with E-state index in [2.05, 4.69) is 30.9 Å². The molecule has 0 spiro atoms. The molecule has 2 nitrogen and oxygen atoms in total. The molecule has 0 aromatic heterocycles. The first-order valence-electron chi connectivity index (χ1n) is 6.26. The first kappa shape index (κ1) is 11.7. The van der Waals surface area contributed by atoms with Crippen LogP contribution in [0.25, 0.3) is 0 Å². The van der Waals surface area contributed by atoms with Crippen LogP contribution in [0.3, 0.4) is 0 Å². The largest absolute Gasteiger partial charge is 0.379 e. The molecule has 0 amide bonds. The molecule has 1 aliphatic heterocycles. The lowest BCUT2D eigenvalue weighted by Gasteiger charge is -2.38. The zero-order valence-electron chi connectivity index (χ0n) is 9.87. The molecule has 0 radical (unpaired) electrons. The fraction of sp³-hybridized carbons (Fsp3) is 1.00. The lowest BCUT2D eigenvalue weighted by Crippen LogP contribution is -2.45. The Labute approximate surface area is 97.5 Å². The third-order valence-corrected chi connectivity index (χ3v) is 5.02. The van der Waals surface area contributed by atoms with Crippen LogP contribution in [0.2, 0.25) is 0 Å². The maximum Gasteiger partial charge on any atom is 0.0608 e. The number of rotatable bonds is 4. The van der Waals surface area contributed by atoms with Crippen LogP contribution in [-0.4, -0.2) is 36.3 Å². The van der Waals surface area contributed by atoms with Gasteiger partial charge in [0, 0.05) is 11.3 Å². The summed E-state index contributed by atoms with van der Waals surface area (Å²) in [6.45, 7) is 7.68. The third-order valence-electron chi connectivity index (χ3n) is 3.49. The van der Waals surface area contributed by atoms with Crippen LogP contribution >= 0.6 is 11.8 Å². The minimum absolute atomic E-state index is 0.747. The molecule has 1 heterocycles. The predicted molar refractivity (Wildman–Crippen MR) is 66.5 cm³/mol. The summed E-state index contributed by atoms with van der Waals surface area (Å²) in [7, 11) is 0. The zero-order chi connectivity index (χ0) is 10.7. The lowest BCUT2D eigenvalue weighted by molar-refractivity contribution is 0.0450. The molecule has 0 aromatic carbocycles. The van der Waals surface area contributed by atoms with Crippen molar-refractivity contribution >= 4 is 11.8 Å². The van der Waals surface area contributed by atoms with E-state index in [0.29, 0.717) is 0 Å². The molecule has 1 N–H and O–H groups in total. The molecule has 3 heteroatoms. The minimum atomic E-state index is 0.747. The van der Waals surface area contributed by atoms with Crippen molar-refractivity contribution in [1.29, 1.82) is 0 Å². The maximum absolute atomic E-state index is 5.26. The average molecular weight is 229 g/mol. The summed E-state index contributed by atoms with van der Waals surface area (Å²) in [6.07, 6.45) is 4.15. The van der Waals surface area contributed by atoms with Crippen molar-refractivity contribution in [2.45, 2.75) is 49.7 Å². The summed E-state index contributed by atoms with van der Waals surface area (Å²) in [5.74, 6) is 0.915. The van der Waals surface area contributed by atoms with Gasteiger partial charge >= 0.3 is 0 Å². The molecule has 3 unspecified atom stereocenters. The van der Waals surface area contributed by atoms with Crippen molar-refractivity contribution in [3.8, 4) is 0 Å². The lowest BCUT2D eigenvalue weighted by atomic mass is 9.87. The Hall–Kier alpha value is 0.270. The molecule has 1 saturated carbocycles. The van der Waals surface area contributed by atoms with Crippen molar-refractivity contribution in [3.05, 3.63) is 0 Å². The van der Waals surface area contributed by atoms with E-state index in [0.717, 1.165) is 42.2 Å². The van der Waals surface area contributed by atoms with Crippen molar-refractivity contribution in [2.75, 3.05) is 19.8 Å². The van der Waals surface area contributed by atoms with Gasteiger partial charge in [-0.2, -0.15) is 0 Å². The first-order chi connectivity index (χ1) is 7.29. The van der Waals surface area contributed by atoms with Crippen LogP contribution in [0.4, 0.5) is 0 Å². The molecule has 88 valence electrons. The minimum Gasteiger partial charge on any atom is -0.379 e. The van der Waals surface area contributed by atoms with Crippen LogP contribution in [0, 0.1) is 5.92 Å². The summed E-state index contributed by atoms with van der Waals surface area (Å²) in [5, 5.41) is 5.25. The topological polar surface area (TPSA) is 21.3 Å². The number of hydrogen-bond acceptors (Lipinski definition) is 3. The molecular weight excluding hydrogens is 206 g/mol. The Bertz CT molecular complexity index is 196. The summed E-state index contributed by atoms with van der Waals surface area (Å²) in [4.78, 5) is 0. The number of ether oxygens (including phenoxy) is 1. The summed E-state index contributed by atoms with van der Waals surface area (Å²) in [5.41, 5.74) is 0. The Morgan fingerprint density at radius 1 is 1.33 bits per heavy atom. The number of hydrogen-bond donors (Lipinski definition) is 1. The number of nitrogens with one attached hydrogen (secondary N) is 1. The third kappa shape index (κ3) is 3.11. The van der Waals surface area contributed by atoms with E-state index in [-0.39, 0.29) is 0 Å². The highest BCUT2D eigenvalue weighted by Crippen LogP contribution is 2.36. The van der Waals surface area contributed by atoms with Crippen LogP contribution in [0.15, 0.2) is 0 Å². The van der Waals surface area contributed by atoms with Gasteiger partial charge in [0.1, 0.15) is 0 Å². The van der Waals surface area contributed by atoms with Gasteiger partial charge in [0.2, 0.25) is 0 Å². The van der Waals surface area contributed by atoms with Gasteiger partial charge in [-0.25, -0.2) is 0 Å². The summed E-state index contributed by atoms with van der Waals surface area (Å²) < 4.78 is 5.26. The first-order valence-corrected chi connectivity index (χ1v) is 7.20. The quantitative estimate of drug-likeness (QED) is 0.799. The van der Waals surface area contributed by atoms with Crippen molar-refractivity contribution in [3.63, 3.8) is 0 Å². The van der Waals surface area contributed by atoms with E-state index in [9.17, 15) is 0 Å². The molecule has 3 atom stereocenters. The fourth-order valence-corrected chi connectivity index (χ4v) is 4.22. The van der Waals surface area contributed by atoms with Gasteiger partial charge in [0.15, 0.2) is 0 Å². The summed E-state index contributed by atoms with van der Waals surface area (Å²) in [6, 6.07) is 0.747. The monoisotopic (exact) mass is 229 g/mol. The molecule has 2 rings (SSSR count). The Kier molecular flexibility index (Phi) is 4.35. The molecule has 15 heavy (non-hydrogen) atoms. The smallest absolute Gasteiger partial charge is 0.0608 e. The molecule has 2 fully saturated rings. The van der Waals surface area contributed by atoms with E-state index >= 15 is 0 Å². The van der Waals surface area contributed by atoms with Crippen LogP contribution in [0.1, 0.15) is 33.1 Å². The predicted octanol–water partition coefficient (Wildman–Crippen LogP) is 2.29. The fourth-order valence-electron chi connectivity index (χ4n) is 2.51. The van der Waals surface area contributed by atoms with E-state index in [4.69, 9.17) is 4.74 Å². The van der Waals surface area contributed by atoms with E-state index < -0.39 is 0 Å². The molecule has 0 aromatic rings. The van der Waals surface area contributed by atoms with Crippen molar-refractivity contribution < 1.29 is 4.74 Å². The van der Waals surface area contributed by atoms with Gasteiger partial charge in [-0.3, -0.25) is 0 Å². The molecule has 1 aliphatic carbocycles. The Morgan fingerprint density at radius 2 is 2.13 bits per heavy atom. The van der Waals surface area contributed by atoms with E-state index in [1.165, 1.54) is 19.3 Å². The zero-order valence-corrected chi connectivity index (χ0v) is 10.7. The van der Waals surface area contributed by atoms with Gasteiger partial charge in [-0.1, -0.05) is 13.8 Å². The SMILES string of the molecule is CCNC1CCC(C)CC1SC1COC1. The molecular formula is C12H23NOS. The second-order valence-corrected chi connectivity index (χ2v) is 6.46. The number of thioether (sulfide) groups is 1. The second kappa shape index (κ2) is 5.55. The van der Waals surface area contributed by atoms with E-state index in [1.54, 1.807) is 0 Å². The highest BCUT2D eigenvalue weighted by molar-refractivity contribution is 8.00. The molecule has 0 bridgehead atoms. The van der Waals surface area contributed by atoms with Crippen molar-refractivity contribution in [1.82, 2.24) is 5.32 Å². The summed E-state index contributed by atoms with van der Waals surface area (Å²) >= 11 is 2.17. The van der Waals surface area contributed by atoms with Gasteiger partial charge in [0.05, 0.1) is 18.5 Å². The van der Waals surface area contributed by atoms with Gasteiger partial charge < -0.3 is 10.1 Å². The van der Waals surface area contributed by atoms with Crippen molar-refractivity contribution in [2.24, 2.45) is 5.92 Å². The highest BCUT2D eigenvalue weighted by atomic mass is 32.2. The van der Waals surface area contributed by atoms with Crippen LogP contribution in [-0.2, 0) is 4.74 Å². The molecule has 2 aliphatic rings. The van der Waals surface area contributed by atoms with Gasteiger partial charge in [-0.05, 0) is 31.7 Å². The highest BCUT2D eigenvalue weighted by Gasteiger charge is 2.32. The second-order valence-electron chi connectivity index (χ2n) is 4.92. The van der Waals surface area contributed by atoms with Gasteiger partial charge in [-0.15, -0.1) is 11.8 Å².